The molecule has 3 N–H and O–H groups in total. The Morgan fingerprint density at radius 1 is 1.32 bits per heavy atom. The highest BCUT2D eigenvalue weighted by molar-refractivity contribution is 5.87. The van der Waals surface area contributed by atoms with Gasteiger partial charge in [-0.1, -0.05) is 13.0 Å². The van der Waals surface area contributed by atoms with Gasteiger partial charge in [0.1, 0.15) is 16.9 Å². The second kappa shape index (κ2) is 10.4. The number of ether oxygens (including phenoxy) is 2. The SMILES string of the molecule is CC[C@H](Nc1cc(-c2ccn3nc(N[C@@H]4CN(C5COC5)CC4(C)F)nc(OC)c23)ccc1N=N)C(F)F. The van der Waals surface area contributed by atoms with Crippen molar-refractivity contribution >= 4 is 22.8 Å². The molecule has 1 aromatic carbocycles. The highest BCUT2D eigenvalue weighted by Crippen LogP contribution is 2.37. The number of halogens is 3. The summed E-state index contributed by atoms with van der Waals surface area (Å²) in [5.74, 6) is 0.499. The van der Waals surface area contributed by atoms with Crippen LogP contribution in [-0.2, 0) is 4.74 Å². The van der Waals surface area contributed by atoms with E-state index in [4.69, 9.17) is 15.0 Å². The first-order valence-electron chi connectivity index (χ1n) is 12.5. The van der Waals surface area contributed by atoms with E-state index in [0.717, 1.165) is 0 Å². The van der Waals surface area contributed by atoms with Crippen molar-refractivity contribution in [3.05, 3.63) is 30.5 Å². The van der Waals surface area contributed by atoms with Gasteiger partial charge in [-0.15, -0.1) is 5.10 Å². The van der Waals surface area contributed by atoms with Gasteiger partial charge in [0.25, 0.3) is 6.43 Å². The van der Waals surface area contributed by atoms with Crippen molar-refractivity contribution < 1.29 is 22.6 Å². The molecule has 3 aromatic rings. The first kappa shape index (κ1) is 26.2. The zero-order valence-electron chi connectivity index (χ0n) is 21.4. The molecular weight excluding hydrogens is 501 g/mol. The lowest BCUT2D eigenvalue weighted by Crippen LogP contribution is -2.48. The Balaban J connectivity index is 1.45. The fraction of sp³-hybridized carbons (Fsp3) is 0.520. The molecule has 0 spiro atoms. The lowest BCUT2D eigenvalue weighted by Gasteiger charge is -2.34. The lowest BCUT2D eigenvalue weighted by atomic mass is 10.0. The molecule has 2 saturated heterocycles. The highest BCUT2D eigenvalue weighted by atomic mass is 19.3. The van der Waals surface area contributed by atoms with Crippen molar-refractivity contribution in [3.63, 3.8) is 0 Å². The molecule has 2 fully saturated rings. The predicted molar refractivity (Wildman–Crippen MR) is 137 cm³/mol. The number of benzene rings is 1. The van der Waals surface area contributed by atoms with E-state index in [-0.39, 0.29) is 30.0 Å². The van der Waals surface area contributed by atoms with Gasteiger partial charge in [0.15, 0.2) is 0 Å². The largest absolute Gasteiger partial charge is 0.479 e. The average Bonchev–Trinajstić information content (AvgIpc) is 3.40. The van der Waals surface area contributed by atoms with Crippen LogP contribution in [0.15, 0.2) is 35.6 Å². The molecule has 10 nitrogen and oxygen atoms in total. The van der Waals surface area contributed by atoms with E-state index in [9.17, 15) is 8.78 Å². The normalized spacial score (nSPS) is 23.0. The third-order valence-corrected chi connectivity index (χ3v) is 7.28. The molecule has 0 bridgehead atoms. The fourth-order valence-corrected chi connectivity index (χ4v) is 4.95. The Hall–Kier alpha value is -3.45. The molecular formula is C25H31F3N8O2. The fourth-order valence-electron chi connectivity index (χ4n) is 4.95. The zero-order valence-corrected chi connectivity index (χ0v) is 21.4. The van der Waals surface area contributed by atoms with Crippen LogP contribution in [-0.4, -0.2) is 83.1 Å². The first-order chi connectivity index (χ1) is 18.2. The van der Waals surface area contributed by atoms with Crippen molar-refractivity contribution in [2.45, 2.75) is 50.5 Å². The minimum Gasteiger partial charge on any atom is -0.479 e. The molecule has 0 aliphatic carbocycles. The topological polar surface area (TPSA) is 112 Å². The summed E-state index contributed by atoms with van der Waals surface area (Å²) in [5, 5.41) is 14.0. The van der Waals surface area contributed by atoms with Gasteiger partial charge in [0.05, 0.1) is 44.1 Å². The number of anilines is 2. The molecule has 13 heteroatoms. The van der Waals surface area contributed by atoms with Crippen LogP contribution < -0.4 is 15.4 Å². The molecule has 2 aromatic heterocycles. The number of hydrogen-bond acceptors (Lipinski definition) is 9. The van der Waals surface area contributed by atoms with Crippen LogP contribution in [0.3, 0.4) is 0 Å². The standard InChI is InChI=1S/C25H31F3N8O2/c1-4-17(22(26)27)30-19-9-14(5-6-18(19)33-29)16-7-8-36-21(16)23(37-3)32-24(34-36)31-20-10-35(13-25(20,2)28)15-11-38-12-15/h5-9,15,17,20,22,29-30H,4,10-13H2,1-3H3,(H,31,34)/t17-,20+,25?/m0/s1. The summed E-state index contributed by atoms with van der Waals surface area (Å²) in [5.41, 5.74) is 8.47. The summed E-state index contributed by atoms with van der Waals surface area (Å²) in [6.45, 7) is 5.26. The molecule has 3 atom stereocenters. The third-order valence-electron chi connectivity index (χ3n) is 7.28. The van der Waals surface area contributed by atoms with E-state index in [1.807, 2.05) is 6.07 Å². The average molecular weight is 533 g/mol. The van der Waals surface area contributed by atoms with Crippen LogP contribution in [0, 0.1) is 5.53 Å². The van der Waals surface area contributed by atoms with Crippen molar-refractivity contribution in [2.75, 3.05) is 44.0 Å². The summed E-state index contributed by atoms with van der Waals surface area (Å²) in [7, 11) is 1.49. The van der Waals surface area contributed by atoms with E-state index in [1.54, 1.807) is 42.8 Å². The third kappa shape index (κ3) is 4.87. The lowest BCUT2D eigenvalue weighted by molar-refractivity contribution is -0.0606. The summed E-state index contributed by atoms with van der Waals surface area (Å²) in [6, 6.07) is 5.45. The predicted octanol–water partition coefficient (Wildman–Crippen LogP) is 4.75. The van der Waals surface area contributed by atoms with Crippen LogP contribution >= 0.6 is 0 Å². The van der Waals surface area contributed by atoms with Gasteiger partial charge in [-0.25, -0.2) is 23.2 Å². The minimum absolute atomic E-state index is 0.205. The maximum absolute atomic E-state index is 15.4. The molecule has 1 unspecified atom stereocenters. The molecule has 0 saturated carbocycles. The Morgan fingerprint density at radius 3 is 2.74 bits per heavy atom. The Morgan fingerprint density at radius 2 is 2.11 bits per heavy atom. The molecule has 4 heterocycles. The minimum atomic E-state index is -2.57. The second-order valence-electron chi connectivity index (χ2n) is 9.90. The smallest absolute Gasteiger partial charge is 0.258 e. The van der Waals surface area contributed by atoms with E-state index in [0.29, 0.717) is 48.6 Å². The van der Waals surface area contributed by atoms with Gasteiger partial charge in [0, 0.05) is 24.8 Å². The number of fused-ring (bicyclic) bond motifs is 1. The van der Waals surface area contributed by atoms with Gasteiger partial charge in [-0.2, -0.15) is 10.1 Å². The summed E-state index contributed by atoms with van der Waals surface area (Å²) in [4.78, 5) is 6.60. The molecule has 2 aliphatic heterocycles. The Labute approximate surface area is 218 Å². The van der Waals surface area contributed by atoms with Crippen molar-refractivity contribution in [2.24, 2.45) is 5.11 Å². The Kier molecular flexibility index (Phi) is 7.14. The van der Waals surface area contributed by atoms with Crippen LogP contribution in [0.1, 0.15) is 20.3 Å². The highest BCUT2D eigenvalue weighted by Gasteiger charge is 2.47. The monoisotopic (exact) mass is 532 g/mol. The van der Waals surface area contributed by atoms with Gasteiger partial charge in [0.2, 0.25) is 11.8 Å². The van der Waals surface area contributed by atoms with Crippen molar-refractivity contribution in [1.82, 2.24) is 19.5 Å². The number of aromatic nitrogens is 3. The molecule has 204 valence electrons. The summed E-state index contributed by atoms with van der Waals surface area (Å²) < 4.78 is 54.6. The van der Waals surface area contributed by atoms with Crippen LogP contribution in [0.5, 0.6) is 5.88 Å². The first-order valence-corrected chi connectivity index (χ1v) is 12.5. The van der Waals surface area contributed by atoms with Crippen LogP contribution in [0.25, 0.3) is 16.6 Å². The van der Waals surface area contributed by atoms with Crippen LogP contribution in [0.4, 0.5) is 30.5 Å². The number of nitrogens with one attached hydrogen (secondary N) is 3. The second-order valence-corrected chi connectivity index (χ2v) is 9.90. The van der Waals surface area contributed by atoms with Gasteiger partial charge in [-0.3, -0.25) is 4.90 Å². The molecule has 38 heavy (non-hydrogen) atoms. The molecule has 2 aliphatic rings. The molecule has 5 rings (SSSR count). The van der Waals surface area contributed by atoms with Crippen molar-refractivity contribution in [3.8, 4) is 17.0 Å². The number of hydrogen-bond donors (Lipinski definition) is 3. The number of likely N-dealkylation sites (tertiary alicyclic amines) is 1. The number of methoxy groups -OCH3 is 1. The summed E-state index contributed by atoms with van der Waals surface area (Å²) in [6.07, 6.45) is -0.639. The van der Waals surface area contributed by atoms with Crippen LogP contribution in [0.2, 0.25) is 0 Å². The van der Waals surface area contributed by atoms with Gasteiger partial charge in [-0.05, 0) is 37.1 Å². The molecule has 0 amide bonds. The van der Waals surface area contributed by atoms with E-state index >= 15 is 4.39 Å². The Bertz CT molecular complexity index is 1310. The maximum atomic E-state index is 15.4. The van der Waals surface area contributed by atoms with E-state index < -0.39 is 24.2 Å². The quantitative estimate of drug-likeness (QED) is 0.323. The number of alkyl halides is 3. The van der Waals surface area contributed by atoms with Gasteiger partial charge < -0.3 is 20.1 Å². The molecule has 0 radical (unpaired) electrons. The zero-order chi connectivity index (χ0) is 27.0. The van der Waals surface area contributed by atoms with Crippen molar-refractivity contribution in [1.29, 1.82) is 5.53 Å². The van der Waals surface area contributed by atoms with E-state index in [2.05, 4.69) is 30.7 Å². The number of nitrogens with zero attached hydrogens (tertiary/aromatic N) is 5. The van der Waals surface area contributed by atoms with E-state index in [1.165, 1.54) is 7.11 Å². The summed E-state index contributed by atoms with van der Waals surface area (Å²) >= 11 is 0. The number of rotatable bonds is 10. The maximum Gasteiger partial charge on any atom is 0.258 e. The van der Waals surface area contributed by atoms with Gasteiger partial charge >= 0.3 is 0 Å².